The zero-order valence-corrected chi connectivity index (χ0v) is 10.5. The quantitative estimate of drug-likeness (QED) is 0.796. The lowest BCUT2D eigenvalue weighted by molar-refractivity contribution is 0.0382. The van der Waals surface area contributed by atoms with Crippen molar-refractivity contribution in [2.75, 3.05) is 19.6 Å². The van der Waals surface area contributed by atoms with Gasteiger partial charge in [0.05, 0.1) is 5.60 Å². The maximum atomic E-state index is 9.76. The fourth-order valence-electron chi connectivity index (χ4n) is 1.71. The van der Waals surface area contributed by atoms with Crippen LogP contribution in [0.2, 0.25) is 0 Å². The summed E-state index contributed by atoms with van der Waals surface area (Å²) in [6, 6.07) is 5.98. The molecule has 0 radical (unpaired) electrons. The number of hydrogen-bond acceptors (Lipinski definition) is 3. The van der Waals surface area contributed by atoms with Crippen LogP contribution in [0.25, 0.3) is 0 Å². The summed E-state index contributed by atoms with van der Waals surface area (Å²) in [7, 11) is 0. The molecule has 1 heterocycles. The van der Waals surface area contributed by atoms with E-state index in [1.54, 1.807) is 0 Å². The summed E-state index contributed by atoms with van der Waals surface area (Å²) in [4.78, 5) is 6.54. The minimum absolute atomic E-state index is 0.625. The lowest BCUT2D eigenvalue weighted by Crippen LogP contribution is -2.39. The van der Waals surface area contributed by atoms with E-state index in [4.69, 9.17) is 0 Å². The van der Waals surface area contributed by atoms with Crippen molar-refractivity contribution in [1.82, 2.24) is 9.88 Å². The normalized spacial score (nSPS) is 12.1. The Morgan fingerprint density at radius 3 is 2.62 bits per heavy atom. The molecule has 0 saturated heterocycles. The van der Waals surface area contributed by atoms with Gasteiger partial charge in [-0.1, -0.05) is 13.0 Å². The van der Waals surface area contributed by atoms with Crippen molar-refractivity contribution >= 4 is 0 Å². The maximum Gasteiger partial charge on any atom is 0.0718 e. The number of pyridine rings is 1. The van der Waals surface area contributed by atoms with Crippen molar-refractivity contribution in [3.05, 3.63) is 30.1 Å². The van der Waals surface area contributed by atoms with Gasteiger partial charge in [-0.15, -0.1) is 0 Å². The maximum absolute atomic E-state index is 9.76. The average Bonchev–Trinajstić information content (AvgIpc) is 2.24. The first-order valence-electron chi connectivity index (χ1n) is 5.86. The molecule has 1 aromatic rings. The minimum atomic E-state index is -0.625. The molecule has 90 valence electrons. The molecular weight excluding hydrogens is 200 g/mol. The number of aliphatic hydroxyl groups is 1. The van der Waals surface area contributed by atoms with Crippen LogP contribution in [0.3, 0.4) is 0 Å². The van der Waals surface area contributed by atoms with Gasteiger partial charge in [-0.2, -0.15) is 0 Å². The van der Waals surface area contributed by atoms with Gasteiger partial charge in [0.1, 0.15) is 0 Å². The Morgan fingerprint density at radius 2 is 2.12 bits per heavy atom. The zero-order valence-electron chi connectivity index (χ0n) is 10.5. The van der Waals surface area contributed by atoms with Crippen LogP contribution in [0.5, 0.6) is 0 Å². The third-order valence-electron chi connectivity index (χ3n) is 2.47. The smallest absolute Gasteiger partial charge is 0.0718 e. The minimum Gasteiger partial charge on any atom is -0.389 e. The highest BCUT2D eigenvalue weighted by atomic mass is 16.3. The van der Waals surface area contributed by atoms with Gasteiger partial charge in [0.2, 0.25) is 0 Å². The highest BCUT2D eigenvalue weighted by Gasteiger charge is 2.16. The zero-order chi connectivity index (χ0) is 12.0. The van der Waals surface area contributed by atoms with E-state index in [2.05, 4.69) is 16.8 Å². The summed E-state index contributed by atoms with van der Waals surface area (Å²) in [5.74, 6) is 0. The molecule has 1 N–H and O–H groups in total. The first kappa shape index (κ1) is 13.1. The Kier molecular flexibility index (Phi) is 4.90. The van der Waals surface area contributed by atoms with E-state index in [0.29, 0.717) is 6.54 Å². The second-order valence-electron chi connectivity index (χ2n) is 4.75. The summed E-state index contributed by atoms with van der Waals surface area (Å²) in [5.41, 5.74) is 0.483. The molecule has 1 rings (SSSR count). The van der Waals surface area contributed by atoms with Gasteiger partial charge in [0, 0.05) is 31.4 Å². The largest absolute Gasteiger partial charge is 0.389 e. The molecule has 0 spiro atoms. The topological polar surface area (TPSA) is 36.4 Å². The summed E-state index contributed by atoms with van der Waals surface area (Å²) < 4.78 is 0. The molecule has 0 aliphatic rings. The predicted molar refractivity (Wildman–Crippen MR) is 66.4 cm³/mol. The molecule has 0 bridgehead atoms. The lowest BCUT2D eigenvalue weighted by atomic mass is 10.1. The van der Waals surface area contributed by atoms with E-state index in [9.17, 15) is 5.11 Å². The Balaban J connectivity index is 2.40. The highest BCUT2D eigenvalue weighted by molar-refractivity contribution is 5.03. The third kappa shape index (κ3) is 5.24. The molecule has 0 amide bonds. The number of likely N-dealkylation sites (N-methyl/N-ethyl adjacent to an activating group) is 1. The number of rotatable bonds is 6. The average molecular weight is 222 g/mol. The van der Waals surface area contributed by atoms with Gasteiger partial charge in [0.25, 0.3) is 0 Å². The molecule has 0 atom stereocenters. The van der Waals surface area contributed by atoms with Crippen LogP contribution in [-0.4, -0.2) is 40.2 Å². The van der Waals surface area contributed by atoms with Crippen molar-refractivity contribution in [2.45, 2.75) is 32.8 Å². The molecule has 1 aromatic heterocycles. The summed E-state index contributed by atoms with van der Waals surface area (Å²) in [6.07, 6.45) is 2.76. The van der Waals surface area contributed by atoms with E-state index >= 15 is 0 Å². The third-order valence-corrected chi connectivity index (χ3v) is 2.47. The van der Waals surface area contributed by atoms with Crippen molar-refractivity contribution in [1.29, 1.82) is 0 Å². The molecule has 0 unspecified atom stereocenters. The first-order valence-corrected chi connectivity index (χ1v) is 5.86. The van der Waals surface area contributed by atoms with Gasteiger partial charge >= 0.3 is 0 Å². The van der Waals surface area contributed by atoms with Gasteiger partial charge < -0.3 is 10.0 Å². The van der Waals surface area contributed by atoms with Crippen molar-refractivity contribution < 1.29 is 5.11 Å². The number of hydrogen-bond donors (Lipinski definition) is 1. The summed E-state index contributed by atoms with van der Waals surface area (Å²) >= 11 is 0. The van der Waals surface area contributed by atoms with E-state index < -0.39 is 5.60 Å². The van der Waals surface area contributed by atoms with E-state index in [1.165, 1.54) is 0 Å². The second kappa shape index (κ2) is 5.97. The Bertz CT molecular complexity index is 293. The van der Waals surface area contributed by atoms with Crippen LogP contribution >= 0.6 is 0 Å². The molecular formula is C13H22N2O. The summed E-state index contributed by atoms with van der Waals surface area (Å²) in [5, 5.41) is 9.76. The first-order chi connectivity index (χ1) is 7.51. The standard InChI is InChI=1S/C13H22N2O/c1-4-15(11-13(2,3)16)10-8-12-7-5-6-9-14-12/h5-7,9,16H,4,8,10-11H2,1-3H3. The van der Waals surface area contributed by atoms with Crippen LogP contribution in [0.1, 0.15) is 26.5 Å². The van der Waals surface area contributed by atoms with Crippen LogP contribution in [-0.2, 0) is 6.42 Å². The molecule has 16 heavy (non-hydrogen) atoms. The predicted octanol–water partition coefficient (Wildman–Crippen LogP) is 1.72. The van der Waals surface area contributed by atoms with E-state index in [1.807, 2.05) is 38.2 Å². The molecule has 0 aromatic carbocycles. The number of nitrogens with zero attached hydrogens (tertiary/aromatic N) is 2. The van der Waals surface area contributed by atoms with E-state index in [0.717, 1.165) is 25.2 Å². The van der Waals surface area contributed by atoms with E-state index in [-0.39, 0.29) is 0 Å². The highest BCUT2D eigenvalue weighted by Crippen LogP contribution is 2.05. The fraction of sp³-hybridized carbons (Fsp3) is 0.615. The van der Waals surface area contributed by atoms with Gasteiger partial charge in [0.15, 0.2) is 0 Å². The Hall–Kier alpha value is -0.930. The van der Waals surface area contributed by atoms with Crippen LogP contribution in [0.4, 0.5) is 0 Å². The van der Waals surface area contributed by atoms with Crippen molar-refractivity contribution in [3.8, 4) is 0 Å². The molecule has 0 fully saturated rings. The lowest BCUT2D eigenvalue weighted by Gasteiger charge is -2.27. The monoisotopic (exact) mass is 222 g/mol. The van der Waals surface area contributed by atoms with Crippen molar-refractivity contribution in [3.63, 3.8) is 0 Å². The molecule has 3 nitrogen and oxygen atoms in total. The number of aromatic nitrogens is 1. The fourth-order valence-corrected chi connectivity index (χ4v) is 1.71. The van der Waals surface area contributed by atoms with Gasteiger partial charge in [-0.05, 0) is 32.5 Å². The van der Waals surface area contributed by atoms with Gasteiger partial charge in [-0.25, -0.2) is 0 Å². The van der Waals surface area contributed by atoms with Crippen molar-refractivity contribution in [2.24, 2.45) is 0 Å². The summed E-state index contributed by atoms with van der Waals surface area (Å²) in [6.45, 7) is 8.40. The molecule has 0 saturated carbocycles. The second-order valence-corrected chi connectivity index (χ2v) is 4.75. The van der Waals surface area contributed by atoms with Gasteiger partial charge in [-0.3, -0.25) is 4.98 Å². The molecule has 0 aliphatic carbocycles. The van der Waals surface area contributed by atoms with Crippen LogP contribution < -0.4 is 0 Å². The van der Waals surface area contributed by atoms with Crippen LogP contribution in [0.15, 0.2) is 24.4 Å². The molecule has 3 heteroatoms. The Labute approximate surface area is 98.1 Å². The van der Waals surface area contributed by atoms with Crippen LogP contribution in [0, 0.1) is 0 Å². The molecule has 0 aliphatic heterocycles. The Morgan fingerprint density at radius 1 is 1.38 bits per heavy atom. The SMILES string of the molecule is CCN(CCc1ccccn1)CC(C)(C)O.